The average molecular weight is 793 g/mol. The Morgan fingerprint density at radius 2 is 1.57 bits per heavy atom. The van der Waals surface area contributed by atoms with Crippen LogP contribution >= 0.6 is 0 Å². The molecule has 0 N–H and O–H groups in total. The maximum absolute atomic E-state index is 15.4. The van der Waals surface area contributed by atoms with Gasteiger partial charge in [-0.25, -0.2) is 0 Å². The lowest BCUT2D eigenvalue weighted by Gasteiger charge is -2.36. The first-order valence-electron chi connectivity index (χ1n) is 20.5. The fraction of sp³-hybridized carbons (Fsp3) is 0.333. The fourth-order valence-electron chi connectivity index (χ4n) is 8.54. The van der Waals surface area contributed by atoms with E-state index in [0.29, 0.717) is 29.2 Å². The van der Waals surface area contributed by atoms with Gasteiger partial charge < -0.3 is 27.9 Å². The number of aryl methyl sites for hydroxylation is 1. The van der Waals surface area contributed by atoms with E-state index in [1.165, 1.54) is 5.56 Å². The monoisotopic (exact) mass is 792 g/mol. The third-order valence-electron chi connectivity index (χ3n) is 12.9. The van der Waals surface area contributed by atoms with Crippen molar-refractivity contribution < 1.29 is 23.5 Å². The molecule has 2 amide bonds. The van der Waals surface area contributed by atoms with E-state index in [9.17, 15) is 4.79 Å². The molecule has 0 fully saturated rings. The van der Waals surface area contributed by atoms with Crippen molar-refractivity contribution in [3.63, 3.8) is 0 Å². The predicted molar refractivity (Wildman–Crippen MR) is 232 cm³/mol. The van der Waals surface area contributed by atoms with E-state index in [4.69, 9.17) is 13.9 Å². The summed E-state index contributed by atoms with van der Waals surface area (Å²) in [6, 6.07) is 30.4. The first-order valence-corrected chi connectivity index (χ1v) is 23.4. The second-order valence-electron chi connectivity index (χ2n) is 17.7. The highest BCUT2D eigenvalue weighted by molar-refractivity contribution is 6.74. The van der Waals surface area contributed by atoms with E-state index in [-0.39, 0.29) is 29.7 Å². The van der Waals surface area contributed by atoms with Crippen molar-refractivity contribution >= 4 is 42.4 Å². The third kappa shape index (κ3) is 6.57. The minimum Gasteiger partial charge on any atom is -0.544 e. The number of aromatic nitrogens is 2. The van der Waals surface area contributed by atoms with Crippen molar-refractivity contribution in [3.8, 4) is 28.5 Å². The van der Waals surface area contributed by atoms with E-state index in [2.05, 4.69) is 86.3 Å². The van der Waals surface area contributed by atoms with Crippen LogP contribution in [0.2, 0.25) is 18.1 Å². The van der Waals surface area contributed by atoms with Crippen molar-refractivity contribution in [2.75, 3.05) is 11.7 Å². The summed E-state index contributed by atoms with van der Waals surface area (Å²) in [6.07, 6.45) is 5.52. The van der Waals surface area contributed by atoms with E-state index < -0.39 is 8.32 Å². The highest BCUT2D eigenvalue weighted by Gasteiger charge is 2.39. The zero-order valence-corrected chi connectivity index (χ0v) is 35.6. The maximum atomic E-state index is 15.4. The van der Waals surface area contributed by atoms with Gasteiger partial charge in [0.2, 0.25) is 15.1 Å². The molecular weight excluding hydrogens is 741 g/mol. The van der Waals surface area contributed by atoms with Gasteiger partial charge in [-0.2, -0.15) is 0 Å². The molecule has 0 aliphatic carbocycles. The second kappa shape index (κ2) is 14.3. The number of hydrogen-bond acceptors (Lipinski definition) is 5. The molecule has 58 heavy (non-hydrogen) atoms. The molecule has 3 aliphatic rings. The number of hydrogen-bond donors (Lipinski definition) is 0. The molecule has 0 bridgehead atoms. The van der Waals surface area contributed by atoms with E-state index in [1.54, 1.807) is 0 Å². The van der Waals surface area contributed by atoms with Gasteiger partial charge in [0.1, 0.15) is 5.75 Å². The molecule has 0 saturated carbocycles. The van der Waals surface area contributed by atoms with Gasteiger partial charge in [0.25, 0.3) is 11.8 Å². The van der Waals surface area contributed by atoms with Crippen LogP contribution in [0.5, 0.6) is 17.2 Å². The maximum Gasteiger partial charge on any atom is 0.264 e. The van der Waals surface area contributed by atoms with Crippen LogP contribution in [0, 0.1) is 0 Å². The van der Waals surface area contributed by atoms with Gasteiger partial charge in [0.15, 0.2) is 11.5 Å². The Hall–Kier alpha value is -5.74. The van der Waals surface area contributed by atoms with Crippen LogP contribution < -0.4 is 18.8 Å². The summed E-state index contributed by atoms with van der Waals surface area (Å²) in [5, 5.41) is 1.10. The normalized spacial score (nSPS) is 16.3. The molecule has 2 aromatic heterocycles. The summed E-state index contributed by atoms with van der Waals surface area (Å²) in [5.74, 6) is 1.77. The molecule has 1 atom stereocenters. The number of ether oxygens (including phenoxy) is 2. The number of benzene rings is 4. The van der Waals surface area contributed by atoms with Crippen molar-refractivity contribution in [3.05, 3.63) is 125 Å². The van der Waals surface area contributed by atoms with Crippen molar-refractivity contribution in [2.24, 2.45) is 7.05 Å². The molecule has 0 spiro atoms. The predicted octanol–water partition coefficient (Wildman–Crippen LogP) is 10.7. The van der Waals surface area contributed by atoms with Crippen molar-refractivity contribution in [2.45, 2.75) is 90.6 Å². The standard InChI is InChI=1S/C48H52N4O5Si/c1-31-24-32-12-8-9-13-34(32)29-51(31)46(53)39-28-45-44(55-30-56-45)27-38(39)43-26-40(42-14-10-11-22-50(42)43)47(54)52(36-17-20-41-33(25-36)21-23-49(41)5)35-15-18-37(19-16-35)57-58(6,7)48(2,3)4/h8-9,12-13,15-21,23,25-28,31H,10-11,14,22,24,29-30H2,1-7H3/t31-/m1/s1. The Bertz CT molecular complexity index is 2580. The van der Waals surface area contributed by atoms with Crippen molar-refractivity contribution in [1.29, 1.82) is 0 Å². The largest absolute Gasteiger partial charge is 0.544 e. The Labute approximate surface area is 341 Å². The van der Waals surface area contributed by atoms with Crippen molar-refractivity contribution in [1.82, 2.24) is 14.0 Å². The molecule has 5 heterocycles. The van der Waals surface area contributed by atoms with Crippen LogP contribution in [0.4, 0.5) is 11.4 Å². The van der Waals surface area contributed by atoms with Crippen LogP contribution in [-0.4, -0.2) is 47.0 Å². The third-order valence-corrected chi connectivity index (χ3v) is 17.2. The van der Waals surface area contributed by atoms with E-state index in [1.807, 2.05) is 77.6 Å². The second-order valence-corrected chi connectivity index (χ2v) is 22.4. The highest BCUT2D eigenvalue weighted by atomic mass is 28.4. The lowest BCUT2D eigenvalue weighted by Crippen LogP contribution is -2.43. The summed E-state index contributed by atoms with van der Waals surface area (Å²) < 4.78 is 22.8. The smallest absolute Gasteiger partial charge is 0.264 e. The number of nitrogens with zero attached hydrogens (tertiary/aromatic N) is 4. The number of rotatable bonds is 7. The summed E-state index contributed by atoms with van der Waals surface area (Å²) in [7, 11) is -0.0538. The Morgan fingerprint density at radius 1 is 0.845 bits per heavy atom. The Kier molecular flexibility index (Phi) is 9.30. The molecule has 0 radical (unpaired) electrons. The van der Waals surface area contributed by atoms with Gasteiger partial charge in [-0.1, -0.05) is 45.0 Å². The van der Waals surface area contributed by atoms with Gasteiger partial charge in [0.05, 0.1) is 11.1 Å². The van der Waals surface area contributed by atoms with Crippen LogP contribution in [0.1, 0.15) is 78.1 Å². The fourth-order valence-corrected chi connectivity index (χ4v) is 9.58. The molecule has 9 rings (SSSR count). The number of fused-ring (bicyclic) bond motifs is 4. The Balaban J connectivity index is 1.15. The van der Waals surface area contributed by atoms with Crippen LogP contribution in [0.25, 0.3) is 22.2 Å². The zero-order chi connectivity index (χ0) is 40.5. The quantitative estimate of drug-likeness (QED) is 0.150. The summed E-state index contributed by atoms with van der Waals surface area (Å²) in [5.41, 5.74) is 8.78. The molecule has 3 aliphatic heterocycles. The minimum absolute atomic E-state index is 0.00761. The molecule has 298 valence electrons. The summed E-state index contributed by atoms with van der Waals surface area (Å²) >= 11 is 0. The minimum atomic E-state index is -2.08. The summed E-state index contributed by atoms with van der Waals surface area (Å²) in [6.45, 7) is 14.7. The van der Waals surface area contributed by atoms with Crippen LogP contribution in [0.3, 0.4) is 0 Å². The topological polar surface area (TPSA) is 78.2 Å². The van der Waals surface area contributed by atoms with Gasteiger partial charge >= 0.3 is 0 Å². The molecule has 10 heteroatoms. The van der Waals surface area contributed by atoms with E-state index in [0.717, 1.165) is 82.8 Å². The molecule has 6 aromatic rings. The highest BCUT2D eigenvalue weighted by Crippen LogP contribution is 2.44. The Morgan fingerprint density at radius 3 is 2.33 bits per heavy atom. The number of amides is 2. The lowest BCUT2D eigenvalue weighted by atomic mass is 9.93. The molecule has 0 saturated heterocycles. The molecule has 9 nitrogen and oxygen atoms in total. The van der Waals surface area contributed by atoms with Gasteiger partial charge in [0, 0.05) is 71.6 Å². The average Bonchev–Trinajstić information content (AvgIpc) is 3.93. The SMILES string of the molecule is C[C@@H]1Cc2ccccc2CN1C(=O)c1cc2c(cc1-c1cc(C(=O)N(c3ccc(O[Si](C)(C)C(C)(C)C)cc3)c3ccc4c(ccn4C)c3)c3n1CCCC3)OCO2. The van der Waals surface area contributed by atoms with E-state index >= 15 is 4.79 Å². The lowest BCUT2D eigenvalue weighted by molar-refractivity contribution is 0.0658. The molecule has 4 aromatic carbocycles. The van der Waals surface area contributed by atoms with Gasteiger partial charge in [-0.3, -0.25) is 14.5 Å². The van der Waals surface area contributed by atoms with Gasteiger partial charge in [-0.15, -0.1) is 0 Å². The molecule has 0 unspecified atom stereocenters. The van der Waals surface area contributed by atoms with Crippen LogP contribution in [0.15, 0.2) is 97.2 Å². The number of carbonyl (C=O) groups is 2. The first-order chi connectivity index (χ1) is 27.8. The number of carbonyl (C=O) groups excluding carboxylic acids is 2. The zero-order valence-electron chi connectivity index (χ0n) is 34.6. The first kappa shape index (κ1) is 37.8. The van der Waals surface area contributed by atoms with Crippen LogP contribution in [-0.2, 0) is 33.0 Å². The molecular formula is C48H52N4O5Si. The summed E-state index contributed by atoms with van der Waals surface area (Å²) in [4.78, 5) is 34.0. The van der Waals surface area contributed by atoms with Gasteiger partial charge in [-0.05, 0) is 129 Å². The number of anilines is 2.